The maximum absolute atomic E-state index is 11.7. The molecule has 0 spiro atoms. The van der Waals surface area contributed by atoms with E-state index in [0.717, 1.165) is 17.5 Å². The highest BCUT2D eigenvalue weighted by Gasteiger charge is 2.41. The summed E-state index contributed by atoms with van der Waals surface area (Å²) in [6, 6.07) is 20.3. The molecule has 1 heterocycles. The van der Waals surface area contributed by atoms with Gasteiger partial charge in [0.15, 0.2) is 5.60 Å². The van der Waals surface area contributed by atoms with E-state index >= 15 is 0 Å². The highest BCUT2D eigenvalue weighted by atomic mass is 16.5. The van der Waals surface area contributed by atoms with Gasteiger partial charge in [0.2, 0.25) is 0 Å². The smallest absolute Gasteiger partial charge is 0.334 e. The molecule has 0 saturated carbocycles. The van der Waals surface area contributed by atoms with Gasteiger partial charge in [0.05, 0.1) is 12.7 Å². The quantitative estimate of drug-likeness (QED) is 0.627. The van der Waals surface area contributed by atoms with Gasteiger partial charge in [-0.15, -0.1) is 0 Å². The molecule has 3 nitrogen and oxygen atoms in total. The van der Waals surface area contributed by atoms with Crippen LogP contribution in [0.5, 0.6) is 0 Å². The second-order valence-electron chi connectivity index (χ2n) is 5.52. The van der Waals surface area contributed by atoms with E-state index in [4.69, 9.17) is 9.47 Å². The zero-order chi connectivity index (χ0) is 16.1. The van der Waals surface area contributed by atoms with Crippen molar-refractivity contribution in [2.45, 2.75) is 25.4 Å². The fourth-order valence-electron chi connectivity index (χ4n) is 3.03. The third-order valence-corrected chi connectivity index (χ3v) is 4.07. The molecule has 1 aliphatic heterocycles. The highest BCUT2D eigenvalue weighted by Crippen LogP contribution is 2.46. The van der Waals surface area contributed by atoms with E-state index in [0.29, 0.717) is 18.8 Å². The number of carbonyl (C=O) groups is 1. The van der Waals surface area contributed by atoms with E-state index in [1.54, 1.807) is 6.92 Å². The Morgan fingerprint density at radius 3 is 2.17 bits per heavy atom. The Morgan fingerprint density at radius 1 is 1.09 bits per heavy atom. The van der Waals surface area contributed by atoms with Crippen molar-refractivity contribution in [1.29, 1.82) is 0 Å². The number of esters is 1. The fraction of sp³-hybridized carbons (Fsp3) is 0.250. The van der Waals surface area contributed by atoms with Crippen LogP contribution in [0.1, 0.15) is 30.9 Å². The fourth-order valence-corrected chi connectivity index (χ4v) is 3.03. The molecule has 1 aliphatic rings. The van der Waals surface area contributed by atoms with Crippen LogP contribution in [-0.2, 0) is 19.9 Å². The first-order valence-corrected chi connectivity index (χ1v) is 7.92. The molecule has 0 aliphatic carbocycles. The van der Waals surface area contributed by atoms with Gasteiger partial charge >= 0.3 is 5.97 Å². The normalized spacial score (nSPS) is 17.7. The number of hydrogen-bond donors (Lipinski definition) is 0. The summed E-state index contributed by atoms with van der Waals surface area (Å²) < 4.78 is 11.3. The summed E-state index contributed by atoms with van der Waals surface area (Å²) in [6.45, 7) is 2.16. The molecule has 0 bridgehead atoms. The van der Waals surface area contributed by atoms with E-state index in [1.165, 1.54) is 6.08 Å². The van der Waals surface area contributed by atoms with Gasteiger partial charge in [0, 0.05) is 12.8 Å². The first-order valence-electron chi connectivity index (χ1n) is 7.92. The minimum atomic E-state index is -0.541. The molecule has 0 N–H and O–H groups in total. The molecular weight excluding hydrogens is 288 g/mol. The third-order valence-electron chi connectivity index (χ3n) is 4.07. The van der Waals surface area contributed by atoms with Crippen LogP contribution < -0.4 is 0 Å². The zero-order valence-corrected chi connectivity index (χ0v) is 13.2. The van der Waals surface area contributed by atoms with Crippen molar-refractivity contribution >= 4 is 5.97 Å². The van der Waals surface area contributed by atoms with Crippen molar-refractivity contribution < 1.29 is 14.3 Å². The Labute approximate surface area is 136 Å². The van der Waals surface area contributed by atoms with Crippen molar-refractivity contribution in [2.75, 3.05) is 6.61 Å². The standard InChI is InChI=1S/C20H20O3/c1-2-22-19(21)15-18-13-14-20(23-18,16-9-5-3-6-10-16)17-11-7-4-8-12-17/h3-12,15H,2,13-14H2,1H3/b18-15-. The predicted octanol–water partition coefficient (Wildman–Crippen LogP) is 4.19. The number of benzene rings is 2. The Kier molecular flexibility index (Phi) is 4.47. The maximum atomic E-state index is 11.7. The molecule has 2 aromatic rings. The van der Waals surface area contributed by atoms with Crippen molar-refractivity contribution in [2.24, 2.45) is 0 Å². The lowest BCUT2D eigenvalue weighted by Crippen LogP contribution is -2.26. The number of hydrogen-bond acceptors (Lipinski definition) is 3. The molecule has 1 fully saturated rings. The molecule has 23 heavy (non-hydrogen) atoms. The summed E-state index contributed by atoms with van der Waals surface area (Å²) in [5.74, 6) is 0.329. The van der Waals surface area contributed by atoms with Crippen LogP contribution in [-0.4, -0.2) is 12.6 Å². The van der Waals surface area contributed by atoms with E-state index < -0.39 is 5.60 Å². The van der Waals surface area contributed by atoms with Gasteiger partial charge in [-0.05, 0) is 18.1 Å². The summed E-state index contributed by atoms with van der Waals surface area (Å²) in [4.78, 5) is 11.7. The van der Waals surface area contributed by atoms with Crippen LogP contribution in [0.15, 0.2) is 72.5 Å². The van der Waals surface area contributed by atoms with Crippen molar-refractivity contribution in [3.63, 3.8) is 0 Å². The molecule has 2 aromatic carbocycles. The molecule has 0 amide bonds. The molecule has 3 rings (SSSR count). The molecule has 1 saturated heterocycles. The highest BCUT2D eigenvalue weighted by molar-refractivity contribution is 5.82. The van der Waals surface area contributed by atoms with E-state index in [9.17, 15) is 4.79 Å². The van der Waals surface area contributed by atoms with Gasteiger partial charge in [0.25, 0.3) is 0 Å². The van der Waals surface area contributed by atoms with Crippen LogP contribution in [0.2, 0.25) is 0 Å². The number of allylic oxidation sites excluding steroid dienone is 1. The van der Waals surface area contributed by atoms with Crippen LogP contribution in [0.3, 0.4) is 0 Å². The van der Waals surface area contributed by atoms with Gasteiger partial charge in [0.1, 0.15) is 5.76 Å². The average Bonchev–Trinajstić information content (AvgIpc) is 3.02. The van der Waals surface area contributed by atoms with Crippen molar-refractivity contribution in [3.05, 3.63) is 83.6 Å². The van der Waals surface area contributed by atoms with Crippen molar-refractivity contribution in [3.8, 4) is 0 Å². The van der Waals surface area contributed by atoms with Crippen LogP contribution in [0.4, 0.5) is 0 Å². The Morgan fingerprint density at radius 2 is 1.65 bits per heavy atom. The predicted molar refractivity (Wildman–Crippen MR) is 88.7 cm³/mol. The molecule has 0 atom stereocenters. The SMILES string of the molecule is CCOC(=O)/C=C1/CCC(c2ccccc2)(c2ccccc2)O1. The minimum absolute atomic E-state index is 0.348. The van der Waals surface area contributed by atoms with Gasteiger partial charge in [-0.2, -0.15) is 0 Å². The molecule has 0 aromatic heterocycles. The zero-order valence-electron chi connectivity index (χ0n) is 13.2. The first kappa shape index (κ1) is 15.3. The molecule has 0 unspecified atom stereocenters. The second kappa shape index (κ2) is 6.69. The van der Waals surface area contributed by atoms with E-state index in [1.807, 2.05) is 36.4 Å². The van der Waals surface area contributed by atoms with Gasteiger partial charge in [-0.1, -0.05) is 60.7 Å². The second-order valence-corrected chi connectivity index (χ2v) is 5.52. The van der Waals surface area contributed by atoms with Crippen LogP contribution in [0.25, 0.3) is 0 Å². The number of carbonyl (C=O) groups excluding carboxylic acids is 1. The van der Waals surface area contributed by atoms with Crippen molar-refractivity contribution in [1.82, 2.24) is 0 Å². The van der Waals surface area contributed by atoms with E-state index in [2.05, 4.69) is 24.3 Å². The summed E-state index contributed by atoms with van der Waals surface area (Å²) >= 11 is 0. The molecule has 118 valence electrons. The molecule has 0 radical (unpaired) electrons. The third kappa shape index (κ3) is 3.14. The minimum Gasteiger partial charge on any atom is -0.482 e. The average molecular weight is 308 g/mol. The lowest BCUT2D eigenvalue weighted by atomic mass is 9.84. The molecular formula is C20H20O3. The molecule has 3 heteroatoms. The number of ether oxygens (including phenoxy) is 2. The lowest BCUT2D eigenvalue weighted by molar-refractivity contribution is -0.137. The maximum Gasteiger partial charge on any atom is 0.334 e. The van der Waals surface area contributed by atoms with Gasteiger partial charge < -0.3 is 9.47 Å². The topological polar surface area (TPSA) is 35.5 Å². The van der Waals surface area contributed by atoms with Gasteiger partial charge in [-0.3, -0.25) is 0 Å². The van der Waals surface area contributed by atoms with Crippen LogP contribution in [0, 0.1) is 0 Å². The Hall–Kier alpha value is -2.55. The number of rotatable bonds is 4. The monoisotopic (exact) mass is 308 g/mol. The summed E-state index contributed by atoms with van der Waals surface area (Å²) in [5, 5.41) is 0. The Balaban J connectivity index is 1.98. The summed E-state index contributed by atoms with van der Waals surface area (Å²) in [5.41, 5.74) is 1.65. The van der Waals surface area contributed by atoms with Gasteiger partial charge in [-0.25, -0.2) is 4.79 Å². The first-order chi connectivity index (χ1) is 11.2. The summed E-state index contributed by atoms with van der Waals surface area (Å²) in [7, 11) is 0. The van der Waals surface area contributed by atoms with E-state index in [-0.39, 0.29) is 5.97 Å². The summed E-state index contributed by atoms with van der Waals surface area (Å²) in [6.07, 6.45) is 2.98. The van der Waals surface area contributed by atoms with Crippen LogP contribution >= 0.6 is 0 Å². The Bertz CT molecular complexity index is 650. The largest absolute Gasteiger partial charge is 0.482 e. The lowest BCUT2D eigenvalue weighted by Gasteiger charge is -2.30.